The zero-order valence-electron chi connectivity index (χ0n) is 11.1. The SMILES string of the molecule is CC(Cc1ccccc1)n1c(=S)[nH]c2c(F)cccc21. The van der Waals surface area contributed by atoms with Crippen LogP contribution in [0.2, 0.25) is 0 Å². The number of nitrogens with zero attached hydrogens (tertiary/aromatic N) is 1. The van der Waals surface area contributed by atoms with Gasteiger partial charge in [0.05, 0.1) is 5.52 Å². The lowest BCUT2D eigenvalue weighted by Crippen LogP contribution is -2.08. The van der Waals surface area contributed by atoms with Gasteiger partial charge in [0.15, 0.2) is 4.77 Å². The normalized spacial score (nSPS) is 12.7. The van der Waals surface area contributed by atoms with Crippen molar-refractivity contribution in [3.63, 3.8) is 0 Å². The largest absolute Gasteiger partial charge is 0.328 e. The molecule has 3 rings (SSSR count). The molecular weight excluding hydrogens is 271 g/mol. The third-order valence-electron chi connectivity index (χ3n) is 3.52. The number of nitrogens with one attached hydrogen (secondary N) is 1. The minimum Gasteiger partial charge on any atom is -0.328 e. The van der Waals surface area contributed by atoms with Crippen molar-refractivity contribution in [3.05, 3.63) is 64.7 Å². The van der Waals surface area contributed by atoms with Crippen LogP contribution < -0.4 is 0 Å². The Bertz CT molecular complexity index is 789. The van der Waals surface area contributed by atoms with Crippen molar-refractivity contribution in [2.24, 2.45) is 0 Å². The van der Waals surface area contributed by atoms with Crippen LogP contribution in [-0.2, 0) is 6.42 Å². The highest BCUT2D eigenvalue weighted by molar-refractivity contribution is 7.71. The Morgan fingerprint density at radius 1 is 1.15 bits per heavy atom. The zero-order chi connectivity index (χ0) is 14.1. The molecule has 0 fully saturated rings. The van der Waals surface area contributed by atoms with E-state index in [4.69, 9.17) is 12.2 Å². The van der Waals surface area contributed by atoms with Crippen LogP contribution in [0.25, 0.3) is 11.0 Å². The second-order valence-electron chi connectivity index (χ2n) is 4.97. The molecule has 0 saturated heterocycles. The molecule has 1 N–H and O–H groups in total. The lowest BCUT2D eigenvalue weighted by Gasteiger charge is -2.14. The first-order chi connectivity index (χ1) is 9.66. The van der Waals surface area contributed by atoms with Crippen molar-refractivity contribution < 1.29 is 4.39 Å². The molecule has 2 aromatic carbocycles. The van der Waals surface area contributed by atoms with Gasteiger partial charge in [0.1, 0.15) is 11.3 Å². The maximum absolute atomic E-state index is 13.8. The number of para-hydroxylation sites is 1. The van der Waals surface area contributed by atoms with Crippen molar-refractivity contribution in [3.8, 4) is 0 Å². The molecule has 1 atom stereocenters. The second-order valence-corrected chi connectivity index (χ2v) is 5.36. The molecule has 2 nitrogen and oxygen atoms in total. The Hall–Kier alpha value is -1.94. The van der Waals surface area contributed by atoms with E-state index >= 15 is 0 Å². The first-order valence-corrected chi connectivity index (χ1v) is 7.00. The predicted molar refractivity (Wildman–Crippen MR) is 81.9 cm³/mol. The molecule has 4 heteroatoms. The molecule has 1 unspecified atom stereocenters. The molecule has 1 aromatic heterocycles. The number of H-pyrrole nitrogens is 1. The molecule has 0 radical (unpaired) electrons. The summed E-state index contributed by atoms with van der Waals surface area (Å²) in [5.41, 5.74) is 2.54. The van der Waals surface area contributed by atoms with Crippen molar-refractivity contribution in [1.29, 1.82) is 0 Å². The number of fused-ring (bicyclic) bond motifs is 1. The molecule has 0 bridgehead atoms. The number of hydrogen-bond acceptors (Lipinski definition) is 1. The molecule has 0 saturated carbocycles. The van der Waals surface area contributed by atoms with Gasteiger partial charge in [-0.3, -0.25) is 0 Å². The van der Waals surface area contributed by atoms with E-state index in [1.807, 2.05) is 28.8 Å². The van der Waals surface area contributed by atoms with Crippen LogP contribution in [0, 0.1) is 10.6 Å². The summed E-state index contributed by atoms with van der Waals surface area (Å²) in [7, 11) is 0. The number of aromatic nitrogens is 2. The van der Waals surface area contributed by atoms with Gasteiger partial charge in [-0.25, -0.2) is 4.39 Å². The van der Waals surface area contributed by atoms with E-state index < -0.39 is 0 Å². The molecule has 1 heterocycles. The van der Waals surface area contributed by atoms with Gasteiger partial charge in [0, 0.05) is 6.04 Å². The second kappa shape index (κ2) is 5.21. The third kappa shape index (κ3) is 2.27. The number of hydrogen-bond donors (Lipinski definition) is 1. The zero-order valence-corrected chi connectivity index (χ0v) is 12.0. The maximum atomic E-state index is 13.8. The molecule has 3 aromatic rings. The first kappa shape index (κ1) is 13.1. The summed E-state index contributed by atoms with van der Waals surface area (Å²) < 4.78 is 16.3. The standard InChI is InChI=1S/C16H15FN2S/c1-11(10-12-6-3-2-4-7-12)19-14-9-5-8-13(17)15(14)18-16(19)20/h2-9,11H,10H2,1H3,(H,18,20). The summed E-state index contributed by atoms with van der Waals surface area (Å²) in [4.78, 5) is 2.96. The van der Waals surface area contributed by atoms with Gasteiger partial charge < -0.3 is 9.55 Å². The van der Waals surface area contributed by atoms with E-state index in [1.54, 1.807) is 6.07 Å². The van der Waals surface area contributed by atoms with E-state index in [2.05, 4.69) is 24.0 Å². The van der Waals surface area contributed by atoms with Gasteiger partial charge in [0.25, 0.3) is 0 Å². The summed E-state index contributed by atoms with van der Waals surface area (Å²) >= 11 is 5.35. The molecule has 0 amide bonds. The average molecular weight is 286 g/mol. The number of rotatable bonds is 3. The average Bonchev–Trinajstić information content (AvgIpc) is 2.78. The van der Waals surface area contributed by atoms with E-state index in [0.29, 0.717) is 10.3 Å². The van der Waals surface area contributed by atoms with Gasteiger partial charge in [-0.15, -0.1) is 0 Å². The highest BCUT2D eigenvalue weighted by atomic mass is 32.1. The minimum atomic E-state index is -0.265. The smallest absolute Gasteiger partial charge is 0.178 e. The van der Waals surface area contributed by atoms with Gasteiger partial charge in [-0.1, -0.05) is 36.4 Å². The molecular formula is C16H15FN2S. The summed E-state index contributed by atoms with van der Waals surface area (Å²) in [5, 5.41) is 0. The Labute approximate surface area is 121 Å². The van der Waals surface area contributed by atoms with Crippen LogP contribution in [0.1, 0.15) is 18.5 Å². The molecule has 0 aliphatic rings. The Balaban J connectivity index is 2.04. The first-order valence-electron chi connectivity index (χ1n) is 6.59. The van der Waals surface area contributed by atoms with Crippen molar-refractivity contribution in [2.45, 2.75) is 19.4 Å². The van der Waals surface area contributed by atoms with Gasteiger partial charge in [-0.2, -0.15) is 0 Å². The topological polar surface area (TPSA) is 20.7 Å². The highest BCUT2D eigenvalue weighted by Gasteiger charge is 2.13. The molecule has 0 aliphatic heterocycles. The summed E-state index contributed by atoms with van der Waals surface area (Å²) in [6.07, 6.45) is 0.860. The Morgan fingerprint density at radius 2 is 1.90 bits per heavy atom. The van der Waals surface area contributed by atoms with Crippen LogP contribution in [0.5, 0.6) is 0 Å². The number of halogens is 1. The fourth-order valence-corrected chi connectivity index (χ4v) is 2.98. The Morgan fingerprint density at radius 3 is 2.65 bits per heavy atom. The summed E-state index contributed by atoms with van der Waals surface area (Å²) in [6.45, 7) is 2.10. The lowest BCUT2D eigenvalue weighted by molar-refractivity contribution is 0.553. The number of imidazole rings is 1. The highest BCUT2D eigenvalue weighted by Crippen LogP contribution is 2.23. The van der Waals surface area contributed by atoms with E-state index in [-0.39, 0.29) is 11.9 Å². The number of benzene rings is 2. The number of aromatic amines is 1. The minimum absolute atomic E-state index is 0.167. The van der Waals surface area contributed by atoms with Gasteiger partial charge >= 0.3 is 0 Å². The van der Waals surface area contributed by atoms with Crippen LogP contribution in [0.15, 0.2) is 48.5 Å². The van der Waals surface area contributed by atoms with E-state index in [0.717, 1.165) is 11.9 Å². The maximum Gasteiger partial charge on any atom is 0.178 e. The molecule has 0 spiro atoms. The van der Waals surface area contributed by atoms with E-state index in [9.17, 15) is 4.39 Å². The fraction of sp³-hybridized carbons (Fsp3) is 0.188. The van der Waals surface area contributed by atoms with Crippen molar-refractivity contribution >= 4 is 23.3 Å². The van der Waals surface area contributed by atoms with Crippen LogP contribution in [-0.4, -0.2) is 9.55 Å². The molecule has 20 heavy (non-hydrogen) atoms. The lowest BCUT2D eigenvalue weighted by atomic mass is 10.1. The van der Waals surface area contributed by atoms with Crippen LogP contribution in [0.4, 0.5) is 4.39 Å². The van der Waals surface area contributed by atoms with Crippen molar-refractivity contribution in [2.75, 3.05) is 0 Å². The van der Waals surface area contributed by atoms with Crippen LogP contribution in [0.3, 0.4) is 0 Å². The third-order valence-corrected chi connectivity index (χ3v) is 3.82. The monoisotopic (exact) mass is 286 g/mol. The quantitative estimate of drug-likeness (QED) is 0.695. The van der Waals surface area contributed by atoms with Gasteiger partial charge in [0.2, 0.25) is 0 Å². The van der Waals surface area contributed by atoms with Gasteiger partial charge in [-0.05, 0) is 43.3 Å². The fourth-order valence-electron chi connectivity index (χ4n) is 2.60. The summed E-state index contributed by atoms with van der Waals surface area (Å²) in [6, 6.07) is 15.5. The molecule has 0 aliphatic carbocycles. The van der Waals surface area contributed by atoms with Crippen molar-refractivity contribution in [1.82, 2.24) is 9.55 Å². The van der Waals surface area contributed by atoms with Crippen LogP contribution >= 0.6 is 12.2 Å². The predicted octanol–water partition coefficient (Wildman–Crippen LogP) is 4.64. The summed E-state index contributed by atoms with van der Waals surface area (Å²) in [5.74, 6) is -0.265. The Kier molecular flexibility index (Phi) is 3.40. The van der Waals surface area contributed by atoms with E-state index in [1.165, 1.54) is 11.6 Å². The molecule has 102 valence electrons.